The summed E-state index contributed by atoms with van der Waals surface area (Å²) in [6, 6.07) is -6.63. The van der Waals surface area contributed by atoms with Crippen LogP contribution in [-0.4, -0.2) is 265 Å². The molecule has 5 heterocycles. The van der Waals surface area contributed by atoms with Crippen molar-refractivity contribution >= 4 is 23.6 Å². The standard InChI is InChI=1S/C38H64N4O25/c1-10-23(51)29(57)33(67-36-20(40-12(3)48)28(56)25(53)16(7-44)62-36)38(59-10)66-32-22(42-14(5)50)37(65-31-21(41-13(4)49)34(58)60-17(8-45)26(31)54)63-18(9-46)30(32)64-35-19(39-11(2)47)27(55)24(52)15(6-43)61-35/h10,15-38,43-46,51-58H,6-9H2,1-5H3,(H,39,47)(H,40,48)(H,41,49)(H,42,50)/t10-,15+,16+,17+,18+,19+,20+,21+,22+,23+,24-,25-,26-,27+,28+,29+,30+,31+,32+,33-,34-,35-,36+,37-,38-/m0/s1. The second-order valence-electron chi connectivity index (χ2n) is 16.9. The molecule has 25 atom stereocenters. The molecule has 5 saturated heterocycles. The van der Waals surface area contributed by atoms with E-state index in [1.165, 1.54) is 6.92 Å². The van der Waals surface area contributed by atoms with Gasteiger partial charge in [0.25, 0.3) is 0 Å². The Bertz CT molecular complexity index is 1660. The highest BCUT2D eigenvalue weighted by atomic mass is 16.8. The maximum atomic E-state index is 13.1. The van der Waals surface area contributed by atoms with Crippen molar-refractivity contribution in [3.63, 3.8) is 0 Å². The Labute approximate surface area is 382 Å². The molecule has 16 N–H and O–H groups in total. The molecule has 5 aliphatic heterocycles. The first-order chi connectivity index (χ1) is 31.6. The van der Waals surface area contributed by atoms with Crippen LogP contribution < -0.4 is 21.3 Å². The smallest absolute Gasteiger partial charge is 0.217 e. The maximum Gasteiger partial charge on any atom is 0.217 e. The number of carbonyl (C=O) groups is 4. The molecule has 67 heavy (non-hydrogen) atoms. The minimum absolute atomic E-state index is 0.748. The van der Waals surface area contributed by atoms with E-state index in [-0.39, 0.29) is 0 Å². The Kier molecular flexibility index (Phi) is 19.5. The number of nitrogens with one attached hydrogen (secondary N) is 4. The Hall–Kier alpha value is -2.96. The van der Waals surface area contributed by atoms with Crippen molar-refractivity contribution in [2.24, 2.45) is 0 Å². The van der Waals surface area contributed by atoms with E-state index in [0.717, 1.165) is 27.7 Å². The molecule has 0 aromatic carbocycles. The molecule has 5 aliphatic rings. The lowest BCUT2D eigenvalue weighted by Gasteiger charge is -2.52. The highest BCUT2D eigenvalue weighted by Gasteiger charge is 2.58. The Morgan fingerprint density at radius 1 is 0.388 bits per heavy atom. The van der Waals surface area contributed by atoms with Gasteiger partial charge in [0.05, 0.1) is 32.5 Å². The molecule has 0 unspecified atom stereocenters. The molecule has 0 aromatic rings. The second kappa shape index (κ2) is 23.8. The third kappa shape index (κ3) is 12.5. The molecule has 0 radical (unpaired) electrons. The molecule has 5 fully saturated rings. The van der Waals surface area contributed by atoms with Gasteiger partial charge in [-0.2, -0.15) is 0 Å². The van der Waals surface area contributed by atoms with Crippen LogP contribution >= 0.6 is 0 Å². The molecule has 0 saturated carbocycles. The topological polar surface area (TPSA) is 442 Å². The highest BCUT2D eigenvalue weighted by molar-refractivity contribution is 5.74. The van der Waals surface area contributed by atoms with Crippen LogP contribution in [0.2, 0.25) is 0 Å². The van der Waals surface area contributed by atoms with Gasteiger partial charge >= 0.3 is 0 Å². The number of aliphatic hydroxyl groups excluding tert-OH is 12. The zero-order chi connectivity index (χ0) is 49.8. The van der Waals surface area contributed by atoms with Crippen LogP contribution in [0.25, 0.3) is 0 Å². The van der Waals surface area contributed by atoms with E-state index in [0.29, 0.717) is 0 Å². The summed E-state index contributed by atoms with van der Waals surface area (Å²) in [6.07, 6.45) is -37.7. The average Bonchev–Trinajstić information content (AvgIpc) is 3.26. The average molecular weight is 977 g/mol. The van der Waals surface area contributed by atoms with Crippen molar-refractivity contribution in [3.8, 4) is 0 Å². The van der Waals surface area contributed by atoms with Crippen LogP contribution in [0.1, 0.15) is 34.6 Å². The van der Waals surface area contributed by atoms with E-state index in [2.05, 4.69) is 21.3 Å². The van der Waals surface area contributed by atoms with E-state index >= 15 is 0 Å². The SMILES string of the molecule is CC(=O)N[C@@H]1[C@@H](O[C@@H]2O[C@H](CO)[C@@H](O[C@@H]3O[C@H](CO)[C@H](O)[C@H](O)[C@H]3NC(C)=O)[C@H](O[C@@H]3O[C@@H](C)[C@@H](O)[C@@H](O)[C@@H]3O[C@H]3O[C@H](CO)[C@H](O)[C@H](O)[C@H]3NC(C)=O)[C@H]2NC(C)=O)[C@@H](O)[C@@H](CO)O[C@@H]1O. The summed E-state index contributed by atoms with van der Waals surface area (Å²) in [5.74, 6) is -3.12. The van der Waals surface area contributed by atoms with Crippen molar-refractivity contribution in [1.82, 2.24) is 21.3 Å². The minimum Gasteiger partial charge on any atom is -0.394 e. The third-order valence-corrected chi connectivity index (χ3v) is 11.9. The number of amides is 4. The van der Waals surface area contributed by atoms with Gasteiger partial charge in [0.2, 0.25) is 23.6 Å². The predicted octanol–water partition coefficient (Wildman–Crippen LogP) is -10.3. The van der Waals surface area contributed by atoms with Crippen LogP contribution in [0, 0.1) is 0 Å². The van der Waals surface area contributed by atoms with Crippen molar-refractivity contribution in [2.45, 2.75) is 188 Å². The zero-order valence-corrected chi connectivity index (χ0v) is 36.9. The Morgan fingerprint density at radius 3 is 1.22 bits per heavy atom. The van der Waals surface area contributed by atoms with Crippen molar-refractivity contribution in [3.05, 3.63) is 0 Å². The number of ether oxygens (including phenoxy) is 9. The lowest BCUT2D eigenvalue weighted by Crippen LogP contribution is -2.72. The molecule has 0 spiro atoms. The Balaban J connectivity index is 1.64. The summed E-state index contributed by atoms with van der Waals surface area (Å²) in [5.41, 5.74) is 0. The largest absolute Gasteiger partial charge is 0.394 e. The van der Waals surface area contributed by atoms with E-state index < -0.39 is 203 Å². The number of hydrogen-bond donors (Lipinski definition) is 16. The summed E-state index contributed by atoms with van der Waals surface area (Å²) in [4.78, 5) is 50.1. The van der Waals surface area contributed by atoms with Gasteiger partial charge in [-0.1, -0.05) is 0 Å². The fourth-order valence-electron chi connectivity index (χ4n) is 8.57. The maximum absolute atomic E-state index is 13.1. The fraction of sp³-hybridized carbons (Fsp3) is 0.895. The summed E-state index contributed by atoms with van der Waals surface area (Å²) in [5, 5.41) is 139. The summed E-state index contributed by atoms with van der Waals surface area (Å²) >= 11 is 0. The van der Waals surface area contributed by atoms with Crippen molar-refractivity contribution < 1.29 is 123 Å². The number of aliphatic hydroxyl groups is 12. The van der Waals surface area contributed by atoms with Crippen LogP contribution in [0.3, 0.4) is 0 Å². The number of hydrogen-bond acceptors (Lipinski definition) is 25. The third-order valence-electron chi connectivity index (χ3n) is 11.9. The molecule has 0 bridgehead atoms. The van der Waals surface area contributed by atoms with E-state index in [1.807, 2.05) is 0 Å². The molecule has 0 aliphatic carbocycles. The lowest BCUT2D eigenvalue weighted by atomic mass is 9.93. The van der Waals surface area contributed by atoms with Crippen LogP contribution in [0.5, 0.6) is 0 Å². The van der Waals surface area contributed by atoms with Gasteiger partial charge in [0.15, 0.2) is 31.5 Å². The molecule has 29 nitrogen and oxygen atoms in total. The van der Waals surface area contributed by atoms with Crippen LogP contribution in [0.15, 0.2) is 0 Å². The number of carbonyl (C=O) groups excluding carboxylic acids is 4. The van der Waals surface area contributed by atoms with Gasteiger partial charge in [-0.3, -0.25) is 19.2 Å². The van der Waals surface area contributed by atoms with Crippen LogP contribution in [0.4, 0.5) is 0 Å². The van der Waals surface area contributed by atoms with E-state index in [1.54, 1.807) is 0 Å². The molecule has 0 aromatic heterocycles. The molecule has 29 heteroatoms. The second-order valence-corrected chi connectivity index (χ2v) is 16.9. The van der Waals surface area contributed by atoms with E-state index in [4.69, 9.17) is 42.6 Å². The quantitative estimate of drug-likeness (QED) is 0.0683. The molecular formula is C38H64N4O25. The fourth-order valence-corrected chi connectivity index (χ4v) is 8.57. The van der Waals surface area contributed by atoms with Gasteiger partial charge in [-0.25, -0.2) is 0 Å². The molecule has 386 valence electrons. The number of rotatable bonds is 16. The first-order valence-corrected chi connectivity index (χ1v) is 21.4. The van der Waals surface area contributed by atoms with Crippen molar-refractivity contribution in [2.75, 3.05) is 26.4 Å². The van der Waals surface area contributed by atoms with Gasteiger partial charge in [-0.15, -0.1) is 0 Å². The van der Waals surface area contributed by atoms with Gasteiger partial charge < -0.3 is 125 Å². The summed E-state index contributed by atoms with van der Waals surface area (Å²) in [6.45, 7) is 1.81. The zero-order valence-electron chi connectivity index (χ0n) is 36.9. The lowest BCUT2D eigenvalue weighted by molar-refractivity contribution is -0.388. The first kappa shape index (κ1) is 55.0. The summed E-state index contributed by atoms with van der Waals surface area (Å²) < 4.78 is 54.1. The molecular weight excluding hydrogens is 912 g/mol. The van der Waals surface area contributed by atoms with Gasteiger partial charge in [0, 0.05) is 27.7 Å². The van der Waals surface area contributed by atoms with Crippen molar-refractivity contribution in [1.29, 1.82) is 0 Å². The molecule has 4 amide bonds. The monoisotopic (exact) mass is 976 g/mol. The normalized spacial score (nSPS) is 46.0. The predicted molar refractivity (Wildman–Crippen MR) is 211 cm³/mol. The summed E-state index contributed by atoms with van der Waals surface area (Å²) in [7, 11) is 0. The van der Waals surface area contributed by atoms with E-state index in [9.17, 15) is 80.5 Å². The van der Waals surface area contributed by atoms with Gasteiger partial charge in [0.1, 0.15) is 116 Å². The van der Waals surface area contributed by atoms with Crippen LogP contribution in [-0.2, 0) is 61.8 Å². The van der Waals surface area contributed by atoms with Gasteiger partial charge in [-0.05, 0) is 6.92 Å². The Morgan fingerprint density at radius 2 is 0.761 bits per heavy atom. The first-order valence-electron chi connectivity index (χ1n) is 21.4. The highest BCUT2D eigenvalue weighted by Crippen LogP contribution is 2.37. The minimum atomic E-state index is -2.01. The molecule has 5 rings (SSSR count).